The van der Waals surface area contributed by atoms with Gasteiger partial charge in [-0.2, -0.15) is 0 Å². The first kappa shape index (κ1) is 8.53. The van der Waals surface area contributed by atoms with Crippen LogP contribution in [-0.4, -0.2) is 22.9 Å². The van der Waals surface area contributed by atoms with Gasteiger partial charge in [0.05, 0.1) is 12.1 Å². The predicted octanol–water partition coefficient (Wildman–Crippen LogP) is 0.787. The molecule has 3 heteroatoms. The number of aliphatic hydroxyl groups excluding tert-OH is 1. The summed E-state index contributed by atoms with van der Waals surface area (Å²) in [5.41, 5.74) is 0.949. The molecule has 1 aromatic rings. The molecule has 0 bridgehead atoms. The summed E-state index contributed by atoms with van der Waals surface area (Å²) in [5, 5.41) is 22.0. The molecular formula is C10H13NO2. The number of hydrogen-bond donors (Lipinski definition) is 3. The van der Waals surface area contributed by atoms with Gasteiger partial charge in [-0.15, -0.1) is 0 Å². The van der Waals surface area contributed by atoms with Crippen molar-refractivity contribution in [1.29, 1.82) is 0 Å². The van der Waals surface area contributed by atoms with Gasteiger partial charge in [-0.05, 0) is 30.7 Å². The number of nitrogens with one attached hydrogen (secondary N) is 1. The van der Waals surface area contributed by atoms with Gasteiger partial charge < -0.3 is 15.5 Å². The largest absolute Gasteiger partial charge is 0.508 e. The lowest BCUT2D eigenvalue weighted by Gasteiger charge is -2.14. The van der Waals surface area contributed by atoms with Crippen LogP contribution in [0.15, 0.2) is 24.3 Å². The van der Waals surface area contributed by atoms with Gasteiger partial charge in [0.15, 0.2) is 0 Å². The highest BCUT2D eigenvalue weighted by Crippen LogP contribution is 2.25. The van der Waals surface area contributed by atoms with E-state index in [0.717, 1.165) is 18.5 Å². The Kier molecular flexibility index (Phi) is 2.20. The Morgan fingerprint density at radius 3 is 2.85 bits per heavy atom. The second-order valence-corrected chi connectivity index (χ2v) is 3.38. The molecule has 0 spiro atoms. The first-order chi connectivity index (χ1) is 6.27. The van der Waals surface area contributed by atoms with E-state index in [9.17, 15) is 10.2 Å². The average Bonchev–Trinajstić information content (AvgIpc) is 2.51. The number of phenols is 1. The molecule has 70 valence electrons. The van der Waals surface area contributed by atoms with Gasteiger partial charge in [0.25, 0.3) is 0 Å². The standard InChI is InChI=1S/C10H13NO2/c12-8-3-1-2-7(6-8)10-9(13)4-5-11-10/h1-3,6,9-13H,4-5H2. The Morgan fingerprint density at radius 1 is 1.38 bits per heavy atom. The van der Waals surface area contributed by atoms with Crippen LogP contribution in [0.2, 0.25) is 0 Å². The zero-order chi connectivity index (χ0) is 9.26. The maximum absolute atomic E-state index is 9.59. The first-order valence-electron chi connectivity index (χ1n) is 4.48. The molecular weight excluding hydrogens is 166 g/mol. The second kappa shape index (κ2) is 3.36. The van der Waals surface area contributed by atoms with Gasteiger partial charge in [-0.25, -0.2) is 0 Å². The Balaban J connectivity index is 2.24. The molecule has 3 N–H and O–H groups in total. The van der Waals surface area contributed by atoms with Crippen LogP contribution in [0.4, 0.5) is 0 Å². The highest BCUT2D eigenvalue weighted by Gasteiger charge is 2.25. The van der Waals surface area contributed by atoms with Crippen molar-refractivity contribution in [2.45, 2.75) is 18.6 Å². The lowest BCUT2D eigenvalue weighted by atomic mass is 10.0. The number of rotatable bonds is 1. The van der Waals surface area contributed by atoms with Crippen LogP contribution in [0.25, 0.3) is 0 Å². The summed E-state index contributed by atoms with van der Waals surface area (Å²) in [6.07, 6.45) is 0.446. The molecule has 2 unspecified atom stereocenters. The summed E-state index contributed by atoms with van der Waals surface area (Å²) in [6, 6.07) is 6.99. The Bertz CT molecular complexity index is 301. The lowest BCUT2D eigenvalue weighted by molar-refractivity contribution is 0.160. The number of phenolic OH excluding ortho intramolecular Hbond substituents is 1. The molecule has 1 aromatic carbocycles. The normalized spacial score (nSPS) is 27.8. The fourth-order valence-corrected chi connectivity index (χ4v) is 1.75. The van der Waals surface area contributed by atoms with Gasteiger partial charge in [0, 0.05) is 0 Å². The molecule has 1 fully saturated rings. The summed E-state index contributed by atoms with van der Waals surface area (Å²) < 4.78 is 0. The Hall–Kier alpha value is -1.06. The minimum atomic E-state index is -0.332. The summed E-state index contributed by atoms with van der Waals surface area (Å²) in [4.78, 5) is 0. The van der Waals surface area contributed by atoms with Crippen molar-refractivity contribution in [3.63, 3.8) is 0 Å². The van der Waals surface area contributed by atoms with Crippen molar-refractivity contribution in [2.75, 3.05) is 6.54 Å². The highest BCUT2D eigenvalue weighted by atomic mass is 16.3. The van der Waals surface area contributed by atoms with Crippen molar-refractivity contribution >= 4 is 0 Å². The van der Waals surface area contributed by atoms with E-state index in [1.807, 2.05) is 6.07 Å². The van der Waals surface area contributed by atoms with E-state index in [2.05, 4.69) is 5.32 Å². The molecule has 0 radical (unpaired) electrons. The fourth-order valence-electron chi connectivity index (χ4n) is 1.75. The molecule has 0 amide bonds. The Morgan fingerprint density at radius 2 is 2.23 bits per heavy atom. The zero-order valence-corrected chi connectivity index (χ0v) is 7.27. The van der Waals surface area contributed by atoms with E-state index in [0.29, 0.717) is 0 Å². The molecule has 1 aliphatic rings. The van der Waals surface area contributed by atoms with E-state index in [1.165, 1.54) is 0 Å². The smallest absolute Gasteiger partial charge is 0.115 e. The molecule has 2 atom stereocenters. The summed E-state index contributed by atoms with van der Waals surface area (Å²) in [7, 11) is 0. The third kappa shape index (κ3) is 1.66. The van der Waals surface area contributed by atoms with Crippen LogP contribution >= 0.6 is 0 Å². The molecule has 1 heterocycles. The third-order valence-electron chi connectivity index (χ3n) is 2.42. The van der Waals surface area contributed by atoms with E-state index in [4.69, 9.17) is 0 Å². The molecule has 3 nitrogen and oxygen atoms in total. The quantitative estimate of drug-likeness (QED) is 0.597. The van der Waals surface area contributed by atoms with Gasteiger partial charge in [0.1, 0.15) is 5.75 Å². The number of aromatic hydroxyl groups is 1. The maximum Gasteiger partial charge on any atom is 0.115 e. The minimum Gasteiger partial charge on any atom is -0.508 e. The van der Waals surface area contributed by atoms with Crippen LogP contribution < -0.4 is 5.32 Å². The summed E-state index contributed by atoms with van der Waals surface area (Å²) in [6.45, 7) is 0.835. The zero-order valence-electron chi connectivity index (χ0n) is 7.27. The van der Waals surface area contributed by atoms with Gasteiger partial charge in [-0.1, -0.05) is 12.1 Å². The third-order valence-corrected chi connectivity index (χ3v) is 2.42. The molecule has 1 saturated heterocycles. The van der Waals surface area contributed by atoms with Crippen LogP contribution in [0.5, 0.6) is 5.75 Å². The van der Waals surface area contributed by atoms with Crippen LogP contribution in [-0.2, 0) is 0 Å². The van der Waals surface area contributed by atoms with Gasteiger partial charge in [-0.3, -0.25) is 0 Å². The molecule has 0 aromatic heterocycles. The van der Waals surface area contributed by atoms with Crippen LogP contribution in [0.3, 0.4) is 0 Å². The number of hydrogen-bond acceptors (Lipinski definition) is 3. The summed E-state index contributed by atoms with van der Waals surface area (Å²) in [5.74, 6) is 0.249. The number of benzene rings is 1. The summed E-state index contributed by atoms with van der Waals surface area (Å²) >= 11 is 0. The van der Waals surface area contributed by atoms with Crippen molar-refractivity contribution in [2.24, 2.45) is 0 Å². The monoisotopic (exact) mass is 179 g/mol. The van der Waals surface area contributed by atoms with Crippen molar-refractivity contribution in [3.8, 4) is 5.75 Å². The average molecular weight is 179 g/mol. The van der Waals surface area contributed by atoms with Crippen LogP contribution in [0.1, 0.15) is 18.0 Å². The van der Waals surface area contributed by atoms with Gasteiger partial charge >= 0.3 is 0 Å². The molecule has 13 heavy (non-hydrogen) atoms. The second-order valence-electron chi connectivity index (χ2n) is 3.38. The van der Waals surface area contributed by atoms with Crippen molar-refractivity contribution < 1.29 is 10.2 Å². The SMILES string of the molecule is Oc1cccc(C2NCCC2O)c1. The van der Waals surface area contributed by atoms with E-state index in [1.54, 1.807) is 18.2 Å². The van der Waals surface area contributed by atoms with E-state index >= 15 is 0 Å². The predicted molar refractivity (Wildman–Crippen MR) is 49.5 cm³/mol. The maximum atomic E-state index is 9.59. The number of aliphatic hydroxyl groups is 1. The first-order valence-corrected chi connectivity index (χ1v) is 4.48. The fraction of sp³-hybridized carbons (Fsp3) is 0.400. The van der Waals surface area contributed by atoms with Gasteiger partial charge in [0.2, 0.25) is 0 Å². The highest BCUT2D eigenvalue weighted by molar-refractivity contribution is 5.30. The Labute approximate surface area is 77.0 Å². The van der Waals surface area contributed by atoms with Crippen LogP contribution in [0, 0.1) is 0 Å². The molecule has 0 saturated carbocycles. The molecule has 2 rings (SSSR count). The van der Waals surface area contributed by atoms with E-state index in [-0.39, 0.29) is 17.9 Å². The van der Waals surface area contributed by atoms with Crippen molar-refractivity contribution in [1.82, 2.24) is 5.32 Å². The van der Waals surface area contributed by atoms with Crippen molar-refractivity contribution in [3.05, 3.63) is 29.8 Å². The van der Waals surface area contributed by atoms with E-state index < -0.39 is 0 Å². The molecule has 1 aliphatic heterocycles. The lowest BCUT2D eigenvalue weighted by Crippen LogP contribution is -2.20. The molecule has 0 aliphatic carbocycles. The minimum absolute atomic E-state index is 0.0212. The topological polar surface area (TPSA) is 52.5 Å².